The van der Waals surface area contributed by atoms with Gasteiger partial charge in [0.2, 0.25) is 5.91 Å². The van der Waals surface area contributed by atoms with Gasteiger partial charge in [0.1, 0.15) is 0 Å². The zero-order chi connectivity index (χ0) is 19.0. The van der Waals surface area contributed by atoms with Crippen LogP contribution in [0.1, 0.15) is 51.4 Å². The third-order valence-electron chi connectivity index (χ3n) is 4.81. The van der Waals surface area contributed by atoms with Crippen LogP contribution in [0.2, 0.25) is 0 Å². The summed E-state index contributed by atoms with van der Waals surface area (Å²) in [5.74, 6) is -1.85. The van der Waals surface area contributed by atoms with Gasteiger partial charge in [-0.2, -0.15) is 5.06 Å². The van der Waals surface area contributed by atoms with Crippen LogP contribution < -0.4 is 0 Å². The molecule has 0 aromatic heterocycles. The highest BCUT2D eigenvalue weighted by molar-refractivity contribution is 5.99. The van der Waals surface area contributed by atoms with E-state index in [2.05, 4.69) is 13.2 Å². The average Bonchev–Trinajstić information content (AvgIpc) is 2.58. The van der Waals surface area contributed by atoms with Gasteiger partial charge in [0, 0.05) is 19.4 Å². The molecule has 2 N–H and O–H groups in total. The molecule has 0 aromatic rings. The number of unbranched alkanes of at least 4 members (excludes halogenated alkanes) is 1. The van der Waals surface area contributed by atoms with Crippen molar-refractivity contribution in [2.75, 3.05) is 7.05 Å². The second-order valence-corrected chi connectivity index (χ2v) is 6.61. The van der Waals surface area contributed by atoms with E-state index in [1.807, 2.05) is 0 Å². The number of amides is 3. The lowest BCUT2D eigenvalue weighted by Crippen LogP contribution is -2.49. The minimum atomic E-state index is -0.809. The molecular weight excluding hydrogens is 324 g/mol. The number of carbonyl (C=O) groups excluding carboxylic acids is 3. The van der Waals surface area contributed by atoms with Crippen molar-refractivity contribution in [3.63, 3.8) is 0 Å². The molecule has 1 aliphatic rings. The van der Waals surface area contributed by atoms with Crippen LogP contribution in [0.3, 0.4) is 0 Å². The van der Waals surface area contributed by atoms with Crippen LogP contribution in [-0.2, 0) is 14.4 Å². The first-order valence-electron chi connectivity index (χ1n) is 8.53. The van der Waals surface area contributed by atoms with E-state index in [0.717, 1.165) is 0 Å². The molecule has 1 aliphatic heterocycles. The maximum absolute atomic E-state index is 12.4. The summed E-state index contributed by atoms with van der Waals surface area (Å²) < 4.78 is 0. The summed E-state index contributed by atoms with van der Waals surface area (Å²) in [7, 11) is 1.30. The fraction of sp³-hybridized carbons (Fsp3) is 0.611. The van der Waals surface area contributed by atoms with Crippen LogP contribution in [0, 0.1) is 11.3 Å². The second kappa shape index (κ2) is 9.48. The molecule has 25 heavy (non-hydrogen) atoms. The third kappa shape index (κ3) is 5.24. The number of nitrogens with zero attached hydrogens (tertiary/aromatic N) is 2. The maximum Gasteiger partial charge on any atom is 0.259 e. The summed E-state index contributed by atoms with van der Waals surface area (Å²) in [5, 5.41) is 19.8. The van der Waals surface area contributed by atoms with Crippen LogP contribution in [0.5, 0.6) is 0 Å². The van der Waals surface area contributed by atoms with E-state index in [-0.39, 0.29) is 23.3 Å². The Bertz CT molecular complexity index is 532. The van der Waals surface area contributed by atoms with E-state index < -0.39 is 17.2 Å². The summed E-state index contributed by atoms with van der Waals surface area (Å²) >= 11 is 0. The van der Waals surface area contributed by atoms with Gasteiger partial charge in [0.15, 0.2) is 0 Å². The molecule has 1 fully saturated rings. The van der Waals surface area contributed by atoms with Gasteiger partial charge in [0.05, 0.1) is 5.41 Å². The van der Waals surface area contributed by atoms with Gasteiger partial charge in [-0.05, 0) is 32.1 Å². The van der Waals surface area contributed by atoms with Crippen molar-refractivity contribution in [1.82, 2.24) is 10.1 Å². The third-order valence-corrected chi connectivity index (χ3v) is 4.81. The molecule has 1 heterocycles. The Kier molecular flexibility index (Phi) is 7.99. The van der Waals surface area contributed by atoms with Crippen LogP contribution in [0.4, 0.5) is 0 Å². The SMILES string of the molecule is C=CC[C@H](CCCC[C@@]1(CC=C)CCC(=O)N(O)C1=O)C(=O)N(C)O. The monoisotopic (exact) mass is 352 g/mol. The van der Waals surface area contributed by atoms with Gasteiger partial charge in [-0.25, -0.2) is 5.06 Å². The van der Waals surface area contributed by atoms with E-state index in [9.17, 15) is 24.8 Å². The van der Waals surface area contributed by atoms with Gasteiger partial charge >= 0.3 is 0 Å². The van der Waals surface area contributed by atoms with Gasteiger partial charge in [-0.3, -0.25) is 24.8 Å². The first-order chi connectivity index (χ1) is 11.8. The Hall–Kier alpha value is -1.99. The molecule has 3 amide bonds. The smallest absolute Gasteiger partial charge is 0.259 e. The van der Waals surface area contributed by atoms with Crippen molar-refractivity contribution in [2.24, 2.45) is 11.3 Å². The van der Waals surface area contributed by atoms with Crippen LogP contribution in [0.25, 0.3) is 0 Å². The Morgan fingerprint density at radius 1 is 1.36 bits per heavy atom. The highest BCUT2D eigenvalue weighted by Crippen LogP contribution is 2.40. The topological polar surface area (TPSA) is 98.2 Å². The Balaban J connectivity index is 2.65. The number of carbonyl (C=O) groups is 3. The van der Waals surface area contributed by atoms with Gasteiger partial charge in [0.25, 0.3) is 11.8 Å². The van der Waals surface area contributed by atoms with Crippen molar-refractivity contribution in [3.8, 4) is 0 Å². The van der Waals surface area contributed by atoms with E-state index in [4.69, 9.17) is 0 Å². The minimum absolute atomic E-state index is 0.128. The van der Waals surface area contributed by atoms with Gasteiger partial charge in [-0.15, -0.1) is 13.2 Å². The molecule has 140 valence electrons. The number of piperidine rings is 1. The molecule has 7 nitrogen and oxygen atoms in total. The predicted molar refractivity (Wildman–Crippen MR) is 91.4 cm³/mol. The lowest BCUT2D eigenvalue weighted by Gasteiger charge is -2.37. The standard InChI is InChI=1S/C18H28N2O5/c1-4-8-14(16(22)19(3)24)9-6-7-12-18(11-5-2)13-10-15(21)20(25)17(18)23/h4-5,14,24-25H,1-2,6-13H2,3H3/t14-,18+/m1/s1. The van der Waals surface area contributed by atoms with Crippen molar-refractivity contribution in [3.05, 3.63) is 25.3 Å². The fourth-order valence-corrected chi connectivity index (χ4v) is 3.36. The Labute approximate surface area is 148 Å². The first kappa shape index (κ1) is 21.1. The molecule has 0 aromatic carbocycles. The molecule has 0 bridgehead atoms. The molecule has 0 unspecified atom stereocenters. The molecule has 2 atom stereocenters. The number of hydroxylamine groups is 4. The van der Waals surface area contributed by atoms with E-state index >= 15 is 0 Å². The Morgan fingerprint density at radius 3 is 2.60 bits per heavy atom. The number of imide groups is 1. The van der Waals surface area contributed by atoms with Crippen molar-refractivity contribution < 1.29 is 24.8 Å². The zero-order valence-electron chi connectivity index (χ0n) is 14.8. The summed E-state index contributed by atoms with van der Waals surface area (Å²) in [6.07, 6.45) is 7.08. The highest BCUT2D eigenvalue weighted by Gasteiger charge is 2.45. The fourth-order valence-electron chi connectivity index (χ4n) is 3.36. The molecular formula is C18H28N2O5. The lowest BCUT2D eigenvalue weighted by molar-refractivity contribution is -0.194. The zero-order valence-corrected chi connectivity index (χ0v) is 14.8. The van der Waals surface area contributed by atoms with Gasteiger partial charge < -0.3 is 0 Å². The maximum atomic E-state index is 12.4. The molecule has 0 radical (unpaired) electrons. The highest BCUT2D eigenvalue weighted by atomic mass is 16.5. The predicted octanol–water partition coefficient (Wildman–Crippen LogP) is 2.69. The quantitative estimate of drug-likeness (QED) is 0.207. The number of rotatable bonds is 10. The number of hydrogen-bond acceptors (Lipinski definition) is 5. The second-order valence-electron chi connectivity index (χ2n) is 6.61. The molecule has 0 aliphatic carbocycles. The minimum Gasteiger partial charge on any atom is -0.286 e. The van der Waals surface area contributed by atoms with Crippen molar-refractivity contribution in [2.45, 2.75) is 51.4 Å². The normalized spacial score (nSPS) is 21.8. The van der Waals surface area contributed by atoms with E-state index in [1.54, 1.807) is 12.2 Å². The first-order valence-corrected chi connectivity index (χ1v) is 8.53. The average molecular weight is 352 g/mol. The van der Waals surface area contributed by atoms with E-state index in [0.29, 0.717) is 50.0 Å². The number of allylic oxidation sites excluding steroid dienone is 2. The molecule has 1 saturated heterocycles. The van der Waals surface area contributed by atoms with E-state index in [1.165, 1.54) is 7.05 Å². The summed E-state index contributed by atoms with van der Waals surface area (Å²) in [6, 6.07) is 0. The molecule has 7 heteroatoms. The summed E-state index contributed by atoms with van der Waals surface area (Å²) in [6.45, 7) is 7.31. The van der Waals surface area contributed by atoms with Gasteiger partial charge in [-0.1, -0.05) is 25.0 Å². The largest absolute Gasteiger partial charge is 0.286 e. The molecule has 0 saturated carbocycles. The summed E-state index contributed by atoms with van der Waals surface area (Å²) in [4.78, 5) is 35.8. The van der Waals surface area contributed by atoms with Crippen molar-refractivity contribution >= 4 is 17.7 Å². The summed E-state index contributed by atoms with van der Waals surface area (Å²) in [5.41, 5.74) is -0.809. The van der Waals surface area contributed by atoms with Crippen LogP contribution in [-0.4, -0.2) is 45.3 Å². The van der Waals surface area contributed by atoms with Crippen molar-refractivity contribution in [1.29, 1.82) is 0 Å². The number of hydrogen-bond donors (Lipinski definition) is 2. The van der Waals surface area contributed by atoms with Crippen LogP contribution in [0.15, 0.2) is 25.3 Å². The molecule has 0 spiro atoms. The Morgan fingerprint density at radius 2 is 2.04 bits per heavy atom. The molecule has 1 rings (SSSR count). The lowest BCUT2D eigenvalue weighted by atomic mass is 9.72. The van der Waals surface area contributed by atoms with Crippen LogP contribution >= 0.6 is 0 Å².